The molecule has 1 aliphatic rings. The number of aliphatic hydroxyl groups excluding tert-OH is 5. The van der Waals surface area contributed by atoms with E-state index in [2.05, 4.69) is 20.9 Å². The highest BCUT2D eigenvalue weighted by atomic mass is 16.3. The Balaban J connectivity index is 1.51. The van der Waals surface area contributed by atoms with Crippen LogP contribution >= 0.6 is 0 Å². The Kier molecular flexibility index (Phi) is 15.4. The molecule has 0 spiro atoms. The van der Waals surface area contributed by atoms with Gasteiger partial charge < -0.3 is 41.5 Å². The SMILES string of the molecule is O=C1C=C(O)/C(=N/c2ccc(NCCCN(CCO)CCO)cc2)C=C1Nc1ccc(NCCCN(CCO)CCO)cc1. The summed E-state index contributed by atoms with van der Waals surface area (Å²) in [6, 6.07) is 15.0. The second-order valence-electron chi connectivity index (χ2n) is 10.3. The van der Waals surface area contributed by atoms with Crippen LogP contribution in [0.2, 0.25) is 0 Å². The molecular formula is C32H46N6O6. The molecule has 240 valence electrons. The maximum atomic E-state index is 12.6. The minimum atomic E-state index is -0.352. The molecule has 2 aromatic rings. The van der Waals surface area contributed by atoms with E-state index < -0.39 is 0 Å². The lowest BCUT2D eigenvalue weighted by Gasteiger charge is -2.20. The second kappa shape index (κ2) is 19.5. The van der Waals surface area contributed by atoms with E-state index in [-0.39, 0.29) is 43.7 Å². The monoisotopic (exact) mass is 610 g/mol. The number of hydrogen-bond donors (Lipinski definition) is 8. The Hall–Kier alpha value is -3.78. The zero-order valence-corrected chi connectivity index (χ0v) is 25.2. The number of benzene rings is 2. The molecule has 0 aromatic heterocycles. The summed E-state index contributed by atoms with van der Waals surface area (Å²) in [4.78, 5) is 21.1. The highest BCUT2D eigenvalue weighted by Gasteiger charge is 2.19. The number of aliphatic hydroxyl groups is 5. The van der Waals surface area contributed by atoms with Crippen molar-refractivity contribution in [3.63, 3.8) is 0 Å². The largest absolute Gasteiger partial charge is 0.506 e. The quantitative estimate of drug-likeness (QED) is 0.0767. The van der Waals surface area contributed by atoms with Gasteiger partial charge in [0, 0.05) is 62.4 Å². The van der Waals surface area contributed by atoms with E-state index in [1.165, 1.54) is 6.08 Å². The summed E-state index contributed by atoms with van der Waals surface area (Å²) in [6.07, 6.45) is 4.40. The number of carbonyl (C=O) groups excluding carboxylic acids is 1. The van der Waals surface area contributed by atoms with Gasteiger partial charge in [-0.1, -0.05) is 0 Å². The van der Waals surface area contributed by atoms with Crippen LogP contribution in [-0.2, 0) is 4.79 Å². The molecule has 0 fully saturated rings. The fourth-order valence-corrected chi connectivity index (χ4v) is 4.67. The number of nitrogens with one attached hydrogen (secondary N) is 3. The van der Waals surface area contributed by atoms with Crippen molar-refractivity contribution in [1.29, 1.82) is 0 Å². The number of allylic oxidation sites excluding steroid dienone is 2. The maximum Gasteiger partial charge on any atom is 0.205 e. The zero-order valence-electron chi connectivity index (χ0n) is 25.2. The minimum Gasteiger partial charge on any atom is -0.506 e. The van der Waals surface area contributed by atoms with Crippen molar-refractivity contribution < 1.29 is 30.3 Å². The number of carbonyl (C=O) groups is 1. The van der Waals surface area contributed by atoms with Crippen molar-refractivity contribution in [2.75, 3.05) is 94.7 Å². The van der Waals surface area contributed by atoms with E-state index in [4.69, 9.17) is 20.4 Å². The summed E-state index contributed by atoms with van der Waals surface area (Å²) in [5.74, 6) is -0.552. The molecule has 0 amide bonds. The van der Waals surface area contributed by atoms with Gasteiger partial charge in [0.15, 0.2) is 0 Å². The van der Waals surface area contributed by atoms with Crippen molar-refractivity contribution >= 4 is 34.2 Å². The third-order valence-corrected chi connectivity index (χ3v) is 6.98. The molecule has 1 aliphatic carbocycles. The molecule has 0 radical (unpaired) electrons. The van der Waals surface area contributed by atoms with Gasteiger partial charge in [-0.15, -0.1) is 0 Å². The Morgan fingerprint density at radius 2 is 1.07 bits per heavy atom. The Morgan fingerprint density at radius 1 is 0.614 bits per heavy atom. The molecular weight excluding hydrogens is 564 g/mol. The number of aliphatic imine (C=N–C) groups is 1. The van der Waals surface area contributed by atoms with Gasteiger partial charge in [-0.05, 0) is 80.5 Å². The van der Waals surface area contributed by atoms with Crippen LogP contribution in [-0.4, -0.2) is 126 Å². The molecule has 12 nitrogen and oxygen atoms in total. The van der Waals surface area contributed by atoms with Crippen molar-refractivity contribution in [1.82, 2.24) is 9.80 Å². The molecule has 8 N–H and O–H groups in total. The van der Waals surface area contributed by atoms with Crippen molar-refractivity contribution in [3.05, 3.63) is 72.1 Å². The van der Waals surface area contributed by atoms with Crippen LogP contribution < -0.4 is 16.0 Å². The van der Waals surface area contributed by atoms with Crippen molar-refractivity contribution in [3.8, 4) is 0 Å². The van der Waals surface area contributed by atoms with Gasteiger partial charge in [0.1, 0.15) is 11.5 Å². The highest BCUT2D eigenvalue weighted by Crippen LogP contribution is 2.22. The van der Waals surface area contributed by atoms with Gasteiger partial charge in [-0.3, -0.25) is 14.6 Å². The predicted octanol–water partition coefficient (Wildman–Crippen LogP) is 1.96. The van der Waals surface area contributed by atoms with E-state index >= 15 is 0 Å². The first-order valence-electron chi connectivity index (χ1n) is 15.0. The summed E-state index contributed by atoms with van der Waals surface area (Å²) in [5.41, 5.74) is 3.76. The standard InChI is InChI=1S/C32H46N6O6/c39-19-15-37(16-20-40)13-1-11-33-25-3-7-27(8-4-25)35-29-23-30(32(44)24-31(29)43)36-28-9-5-26(6-10-28)34-12-2-14-38(17-21-41)18-22-42/h3-10,23-24,33-35,39-42,44H,1-2,11-22H2/b36-30+. The maximum absolute atomic E-state index is 12.6. The van der Waals surface area contributed by atoms with Gasteiger partial charge in [0.25, 0.3) is 0 Å². The fourth-order valence-electron chi connectivity index (χ4n) is 4.67. The molecule has 0 heterocycles. The molecule has 0 bridgehead atoms. The topological polar surface area (TPSA) is 173 Å². The van der Waals surface area contributed by atoms with Crippen LogP contribution in [0, 0.1) is 0 Å². The first kappa shape index (κ1) is 34.7. The first-order chi connectivity index (χ1) is 21.4. The average Bonchev–Trinajstić information content (AvgIpc) is 3.02. The molecule has 3 rings (SSSR count). The lowest BCUT2D eigenvalue weighted by Crippen LogP contribution is -2.31. The van der Waals surface area contributed by atoms with E-state index in [0.29, 0.717) is 43.3 Å². The van der Waals surface area contributed by atoms with Crippen molar-refractivity contribution in [2.24, 2.45) is 4.99 Å². The Bertz CT molecular complexity index is 1220. The third-order valence-electron chi connectivity index (χ3n) is 6.98. The lowest BCUT2D eigenvalue weighted by molar-refractivity contribution is -0.111. The molecule has 0 saturated carbocycles. The average molecular weight is 611 g/mol. The summed E-state index contributed by atoms with van der Waals surface area (Å²) in [5, 5.41) is 56.7. The van der Waals surface area contributed by atoms with Gasteiger partial charge in [-0.25, -0.2) is 4.99 Å². The molecule has 44 heavy (non-hydrogen) atoms. The number of anilines is 3. The van der Waals surface area contributed by atoms with Gasteiger partial charge in [-0.2, -0.15) is 0 Å². The molecule has 0 unspecified atom stereocenters. The number of hydrogen-bond acceptors (Lipinski definition) is 12. The number of rotatable bonds is 21. The Labute approximate surface area is 259 Å². The molecule has 0 aliphatic heterocycles. The smallest absolute Gasteiger partial charge is 0.205 e. The van der Waals surface area contributed by atoms with Gasteiger partial charge in [0.05, 0.1) is 37.8 Å². The normalized spacial score (nSPS) is 14.2. The zero-order chi connectivity index (χ0) is 31.6. The fraction of sp³-hybridized carbons (Fsp3) is 0.438. The van der Waals surface area contributed by atoms with Gasteiger partial charge in [0.2, 0.25) is 5.78 Å². The van der Waals surface area contributed by atoms with Crippen LogP contribution in [0.3, 0.4) is 0 Å². The highest BCUT2D eigenvalue weighted by molar-refractivity contribution is 6.22. The van der Waals surface area contributed by atoms with Crippen LogP contribution in [0.15, 0.2) is 77.1 Å². The third kappa shape index (κ3) is 12.1. The van der Waals surface area contributed by atoms with Crippen LogP contribution in [0.1, 0.15) is 12.8 Å². The summed E-state index contributed by atoms with van der Waals surface area (Å²) < 4.78 is 0. The molecule has 2 aromatic carbocycles. The minimum absolute atomic E-state index is 0.0650. The van der Waals surface area contributed by atoms with Crippen LogP contribution in [0.5, 0.6) is 0 Å². The van der Waals surface area contributed by atoms with E-state index in [0.717, 1.165) is 56.5 Å². The molecule has 12 heteroatoms. The van der Waals surface area contributed by atoms with Crippen molar-refractivity contribution in [2.45, 2.75) is 12.8 Å². The predicted molar refractivity (Wildman–Crippen MR) is 175 cm³/mol. The lowest BCUT2D eigenvalue weighted by atomic mass is 10.1. The molecule has 0 atom stereocenters. The summed E-state index contributed by atoms with van der Waals surface area (Å²) in [6.45, 7) is 5.44. The molecule has 0 saturated heterocycles. The second-order valence-corrected chi connectivity index (χ2v) is 10.3. The summed E-state index contributed by atoms with van der Waals surface area (Å²) >= 11 is 0. The first-order valence-corrected chi connectivity index (χ1v) is 15.0. The van der Waals surface area contributed by atoms with Crippen LogP contribution in [0.4, 0.5) is 22.7 Å². The van der Waals surface area contributed by atoms with E-state index in [1.54, 1.807) is 0 Å². The van der Waals surface area contributed by atoms with E-state index in [1.807, 2.05) is 58.3 Å². The van der Waals surface area contributed by atoms with Gasteiger partial charge >= 0.3 is 0 Å². The number of ketones is 1. The summed E-state index contributed by atoms with van der Waals surface area (Å²) in [7, 11) is 0. The van der Waals surface area contributed by atoms with E-state index in [9.17, 15) is 9.90 Å². The van der Waals surface area contributed by atoms with Crippen LogP contribution in [0.25, 0.3) is 0 Å². The number of nitrogens with zero attached hydrogens (tertiary/aromatic N) is 3. The Morgan fingerprint density at radius 3 is 1.55 bits per heavy atom.